The average Bonchev–Trinajstić information content (AvgIpc) is 2.66. The number of hydrogen-bond acceptors (Lipinski definition) is 3. The minimum atomic E-state index is 0.680. The van der Waals surface area contributed by atoms with E-state index >= 15 is 0 Å². The number of rotatable bonds is 2. The fourth-order valence-corrected chi connectivity index (χ4v) is 2.69. The van der Waals surface area contributed by atoms with Gasteiger partial charge in [-0.1, -0.05) is 6.92 Å². The van der Waals surface area contributed by atoms with Gasteiger partial charge in [-0.2, -0.15) is 0 Å². The maximum absolute atomic E-state index is 3.51. The van der Waals surface area contributed by atoms with Crippen LogP contribution in [-0.4, -0.2) is 61.2 Å². The zero-order valence-corrected chi connectivity index (χ0v) is 9.50. The molecule has 82 valence electrons. The fraction of sp³-hybridized carbons (Fsp3) is 1.00. The molecular weight excluding hydrogens is 174 g/mol. The Labute approximate surface area is 87.4 Å². The lowest BCUT2D eigenvalue weighted by atomic mass is 10.1. The molecule has 0 amide bonds. The first kappa shape index (κ1) is 10.4. The molecule has 0 aliphatic carbocycles. The summed E-state index contributed by atoms with van der Waals surface area (Å²) in [5.41, 5.74) is 0. The molecule has 1 N–H and O–H groups in total. The van der Waals surface area contributed by atoms with Gasteiger partial charge in [0.05, 0.1) is 0 Å². The van der Waals surface area contributed by atoms with Crippen LogP contribution in [0.5, 0.6) is 0 Å². The highest BCUT2D eigenvalue weighted by atomic mass is 15.3. The number of nitrogens with one attached hydrogen (secondary N) is 1. The molecule has 2 fully saturated rings. The zero-order chi connectivity index (χ0) is 9.97. The number of likely N-dealkylation sites (tertiary alicyclic amines) is 1. The standard InChI is InChI=1S/C11H23N3/c1-3-13-6-4-11(9-13)14-7-5-12-10(2)8-14/h10-12H,3-9H2,1-2H3. The van der Waals surface area contributed by atoms with E-state index in [0.717, 1.165) is 6.04 Å². The molecule has 2 aliphatic heterocycles. The van der Waals surface area contributed by atoms with E-state index in [1.807, 2.05) is 0 Å². The van der Waals surface area contributed by atoms with Crippen molar-refractivity contribution in [2.45, 2.75) is 32.4 Å². The predicted molar refractivity (Wildman–Crippen MR) is 59.6 cm³/mol. The normalized spacial score (nSPS) is 36.4. The smallest absolute Gasteiger partial charge is 0.0236 e. The summed E-state index contributed by atoms with van der Waals surface area (Å²) >= 11 is 0. The van der Waals surface area contributed by atoms with Gasteiger partial charge in [-0.25, -0.2) is 0 Å². The van der Waals surface area contributed by atoms with Gasteiger partial charge in [0.2, 0.25) is 0 Å². The Bertz CT molecular complexity index is 183. The van der Waals surface area contributed by atoms with Gasteiger partial charge in [0.1, 0.15) is 0 Å². The Balaban J connectivity index is 1.83. The molecule has 2 saturated heterocycles. The lowest BCUT2D eigenvalue weighted by Gasteiger charge is -2.36. The van der Waals surface area contributed by atoms with E-state index in [0.29, 0.717) is 6.04 Å². The summed E-state index contributed by atoms with van der Waals surface area (Å²) in [5, 5.41) is 3.51. The maximum Gasteiger partial charge on any atom is 0.0236 e. The highest BCUT2D eigenvalue weighted by molar-refractivity contribution is 4.87. The Morgan fingerprint density at radius 2 is 2.14 bits per heavy atom. The van der Waals surface area contributed by atoms with Gasteiger partial charge in [0, 0.05) is 38.3 Å². The molecule has 2 aliphatic rings. The van der Waals surface area contributed by atoms with Gasteiger partial charge in [-0.15, -0.1) is 0 Å². The van der Waals surface area contributed by atoms with Crippen LogP contribution in [0, 0.1) is 0 Å². The fourth-order valence-electron chi connectivity index (χ4n) is 2.69. The average molecular weight is 197 g/mol. The van der Waals surface area contributed by atoms with E-state index in [4.69, 9.17) is 0 Å². The van der Waals surface area contributed by atoms with Crippen LogP contribution < -0.4 is 5.32 Å². The van der Waals surface area contributed by atoms with Gasteiger partial charge in [0.15, 0.2) is 0 Å². The highest BCUT2D eigenvalue weighted by Crippen LogP contribution is 2.16. The van der Waals surface area contributed by atoms with Crippen LogP contribution in [0.15, 0.2) is 0 Å². The molecule has 2 heterocycles. The Hall–Kier alpha value is -0.120. The Kier molecular flexibility index (Phi) is 3.42. The second-order valence-corrected chi connectivity index (χ2v) is 4.69. The summed E-state index contributed by atoms with van der Waals surface area (Å²) < 4.78 is 0. The van der Waals surface area contributed by atoms with Crippen LogP contribution in [-0.2, 0) is 0 Å². The van der Waals surface area contributed by atoms with Crippen LogP contribution in [0.2, 0.25) is 0 Å². The van der Waals surface area contributed by atoms with E-state index in [2.05, 4.69) is 29.0 Å². The number of nitrogens with zero attached hydrogens (tertiary/aromatic N) is 2. The SMILES string of the molecule is CCN1CCC(N2CCNC(C)C2)C1. The van der Waals surface area contributed by atoms with Crippen LogP contribution in [0.25, 0.3) is 0 Å². The van der Waals surface area contributed by atoms with Crippen LogP contribution in [0.1, 0.15) is 20.3 Å². The van der Waals surface area contributed by atoms with Crippen molar-refractivity contribution in [2.75, 3.05) is 39.3 Å². The molecule has 0 aromatic rings. The van der Waals surface area contributed by atoms with Crippen molar-refractivity contribution in [1.82, 2.24) is 15.1 Å². The van der Waals surface area contributed by atoms with Crippen molar-refractivity contribution in [2.24, 2.45) is 0 Å². The van der Waals surface area contributed by atoms with E-state index in [1.165, 1.54) is 45.7 Å². The van der Waals surface area contributed by atoms with E-state index in [-0.39, 0.29) is 0 Å². The summed E-state index contributed by atoms with van der Waals surface area (Å²) in [4.78, 5) is 5.24. The monoisotopic (exact) mass is 197 g/mol. The first-order chi connectivity index (χ1) is 6.79. The molecule has 0 bridgehead atoms. The third-order valence-corrected chi connectivity index (χ3v) is 3.61. The molecule has 2 unspecified atom stereocenters. The number of piperazine rings is 1. The van der Waals surface area contributed by atoms with Crippen LogP contribution >= 0.6 is 0 Å². The van der Waals surface area contributed by atoms with Crippen molar-refractivity contribution < 1.29 is 0 Å². The number of likely N-dealkylation sites (N-methyl/N-ethyl adjacent to an activating group) is 1. The van der Waals surface area contributed by atoms with Gasteiger partial charge in [-0.05, 0) is 26.4 Å². The molecule has 0 aromatic heterocycles. The topological polar surface area (TPSA) is 18.5 Å². The lowest BCUT2D eigenvalue weighted by Crippen LogP contribution is -2.53. The molecule has 0 aromatic carbocycles. The van der Waals surface area contributed by atoms with Crippen molar-refractivity contribution >= 4 is 0 Å². The van der Waals surface area contributed by atoms with Crippen LogP contribution in [0.4, 0.5) is 0 Å². The van der Waals surface area contributed by atoms with Crippen molar-refractivity contribution in [3.05, 3.63) is 0 Å². The van der Waals surface area contributed by atoms with E-state index in [9.17, 15) is 0 Å². The molecule has 0 spiro atoms. The summed E-state index contributed by atoms with van der Waals surface area (Å²) in [6, 6.07) is 1.51. The molecule has 14 heavy (non-hydrogen) atoms. The van der Waals surface area contributed by atoms with E-state index in [1.54, 1.807) is 0 Å². The summed E-state index contributed by atoms with van der Waals surface area (Å²) in [6.45, 7) is 12.0. The molecule has 3 heteroatoms. The summed E-state index contributed by atoms with van der Waals surface area (Å²) in [6.07, 6.45) is 1.38. The molecule has 3 nitrogen and oxygen atoms in total. The Morgan fingerprint density at radius 3 is 2.79 bits per heavy atom. The quantitative estimate of drug-likeness (QED) is 0.690. The predicted octanol–water partition coefficient (Wildman–Crippen LogP) is 0.374. The van der Waals surface area contributed by atoms with Gasteiger partial charge in [-0.3, -0.25) is 4.90 Å². The Morgan fingerprint density at radius 1 is 1.29 bits per heavy atom. The summed E-state index contributed by atoms with van der Waals surface area (Å²) in [7, 11) is 0. The lowest BCUT2D eigenvalue weighted by molar-refractivity contribution is 0.149. The van der Waals surface area contributed by atoms with E-state index < -0.39 is 0 Å². The summed E-state index contributed by atoms with van der Waals surface area (Å²) in [5.74, 6) is 0. The second kappa shape index (κ2) is 4.60. The minimum absolute atomic E-state index is 0.680. The third kappa shape index (κ3) is 2.27. The van der Waals surface area contributed by atoms with Crippen molar-refractivity contribution in [3.63, 3.8) is 0 Å². The molecular formula is C11H23N3. The van der Waals surface area contributed by atoms with Crippen molar-refractivity contribution in [3.8, 4) is 0 Å². The van der Waals surface area contributed by atoms with Gasteiger partial charge >= 0.3 is 0 Å². The van der Waals surface area contributed by atoms with Gasteiger partial charge in [0.25, 0.3) is 0 Å². The molecule has 0 saturated carbocycles. The second-order valence-electron chi connectivity index (χ2n) is 4.69. The first-order valence-corrected chi connectivity index (χ1v) is 5.99. The third-order valence-electron chi connectivity index (χ3n) is 3.61. The van der Waals surface area contributed by atoms with Crippen LogP contribution in [0.3, 0.4) is 0 Å². The zero-order valence-electron chi connectivity index (χ0n) is 9.50. The molecule has 2 atom stereocenters. The molecule has 2 rings (SSSR count). The van der Waals surface area contributed by atoms with Gasteiger partial charge < -0.3 is 10.2 Å². The maximum atomic E-state index is 3.51. The minimum Gasteiger partial charge on any atom is -0.312 e. The largest absolute Gasteiger partial charge is 0.312 e. The highest BCUT2D eigenvalue weighted by Gasteiger charge is 2.28. The molecule has 0 radical (unpaired) electrons. The van der Waals surface area contributed by atoms with Crippen molar-refractivity contribution in [1.29, 1.82) is 0 Å². The first-order valence-electron chi connectivity index (χ1n) is 5.99. The number of hydrogen-bond donors (Lipinski definition) is 1.